The molecule has 2 aromatic carbocycles. The smallest absolute Gasteiger partial charge is 0.262 e. The first kappa shape index (κ1) is 22.3. The van der Waals surface area contributed by atoms with Crippen LogP contribution in [0.3, 0.4) is 0 Å². The molecule has 1 saturated carbocycles. The normalized spacial score (nSPS) is 14.5. The number of carbonyl (C=O) groups is 1. The van der Waals surface area contributed by atoms with Gasteiger partial charge in [0.05, 0.1) is 12.3 Å². The predicted molar refractivity (Wildman–Crippen MR) is 129 cm³/mol. The molecule has 1 aliphatic rings. The second kappa shape index (κ2) is 10.6. The van der Waals surface area contributed by atoms with E-state index in [1.165, 1.54) is 6.42 Å². The van der Waals surface area contributed by atoms with Gasteiger partial charge in [0.15, 0.2) is 0 Å². The van der Waals surface area contributed by atoms with E-state index in [1.54, 1.807) is 10.8 Å². The highest BCUT2D eigenvalue weighted by Crippen LogP contribution is 2.29. The molecule has 6 nitrogen and oxygen atoms in total. The van der Waals surface area contributed by atoms with Crippen molar-refractivity contribution in [2.75, 3.05) is 6.61 Å². The molecule has 0 spiro atoms. The summed E-state index contributed by atoms with van der Waals surface area (Å²) in [5.74, 6) is 0.417. The first-order valence-electron chi connectivity index (χ1n) is 11.5. The van der Waals surface area contributed by atoms with E-state index in [9.17, 15) is 10.1 Å². The lowest BCUT2D eigenvalue weighted by atomic mass is 9.95. The van der Waals surface area contributed by atoms with Gasteiger partial charge < -0.3 is 10.1 Å². The first-order chi connectivity index (χ1) is 16.2. The molecular formula is C27H28N4O2. The highest BCUT2D eigenvalue weighted by molar-refractivity contribution is 6.02. The zero-order valence-electron chi connectivity index (χ0n) is 18.8. The van der Waals surface area contributed by atoms with Crippen LogP contribution in [0.5, 0.6) is 5.75 Å². The Kier molecular flexibility index (Phi) is 7.21. The summed E-state index contributed by atoms with van der Waals surface area (Å²) in [7, 11) is 0. The van der Waals surface area contributed by atoms with E-state index in [1.807, 2.05) is 67.7 Å². The number of hydrogen-bond donors (Lipinski definition) is 1. The van der Waals surface area contributed by atoms with Crippen molar-refractivity contribution in [1.82, 2.24) is 15.1 Å². The summed E-state index contributed by atoms with van der Waals surface area (Å²) in [6.45, 7) is 2.50. The van der Waals surface area contributed by atoms with Gasteiger partial charge in [-0.05, 0) is 50.1 Å². The van der Waals surface area contributed by atoms with Crippen LogP contribution < -0.4 is 10.1 Å². The number of nitrogens with zero attached hydrogens (tertiary/aromatic N) is 3. The molecule has 33 heavy (non-hydrogen) atoms. The molecule has 1 heterocycles. The Labute approximate surface area is 194 Å². The molecule has 0 saturated heterocycles. The fourth-order valence-corrected chi connectivity index (χ4v) is 4.14. The summed E-state index contributed by atoms with van der Waals surface area (Å²) in [4.78, 5) is 12.9. The van der Waals surface area contributed by atoms with Gasteiger partial charge in [-0.25, -0.2) is 4.68 Å². The Hall–Kier alpha value is -3.85. The van der Waals surface area contributed by atoms with Crippen LogP contribution in [-0.4, -0.2) is 28.3 Å². The van der Waals surface area contributed by atoms with Crippen LogP contribution in [0, 0.1) is 11.3 Å². The molecule has 0 bridgehead atoms. The van der Waals surface area contributed by atoms with Crippen molar-refractivity contribution in [2.24, 2.45) is 0 Å². The maximum Gasteiger partial charge on any atom is 0.262 e. The van der Waals surface area contributed by atoms with Gasteiger partial charge in [0.1, 0.15) is 23.1 Å². The van der Waals surface area contributed by atoms with Crippen LogP contribution in [0.25, 0.3) is 23.0 Å². The van der Waals surface area contributed by atoms with Crippen molar-refractivity contribution in [1.29, 1.82) is 5.26 Å². The molecule has 1 N–H and O–H groups in total. The highest BCUT2D eigenvalue weighted by atomic mass is 16.5. The summed E-state index contributed by atoms with van der Waals surface area (Å²) in [6, 6.07) is 19.7. The fraction of sp³-hybridized carbons (Fsp3) is 0.296. The minimum Gasteiger partial charge on any atom is -0.494 e. The molecule has 1 aromatic heterocycles. The van der Waals surface area contributed by atoms with E-state index in [0.717, 1.165) is 42.7 Å². The number of hydrogen-bond acceptors (Lipinski definition) is 4. The molecule has 3 aromatic rings. The lowest BCUT2D eigenvalue weighted by Gasteiger charge is -2.22. The lowest BCUT2D eigenvalue weighted by molar-refractivity contribution is -0.117. The number of rotatable bonds is 7. The van der Waals surface area contributed by atoms with E-state index in [0.29, 0.717) is 17.9 Å². The third kappa shape index (κ3) is 5.50. The number of para-hydroxylation sites is 1. The van der Waals surface area contributed by atoms with Crippen LogP contribution >= 0.6 is 0 Å². The minimum atomic E-state index is -0.328. The van der Waals surface area contributed by atoms with E-state index in [2.05, 4.69) is 11.4 Å². The third-order valence-electron chi connectivity index (χ3n) is 5.79. The van der Waals surface area contributed by atoms with Crippen molar-refractivity contribution < 1.29 is 9.53 Å². The van der Waals surface area contributed by atoms with Gasteiger partial charge in [0, 0.05) is 23.4 Å². The number of amides is 1. The number of ether oxygens (including phenoxy) is 1. The zero-order valence-corrected chi connectivity index (χ0v) is 18.8. The van der Waals surface area contributed by atoms with Crippen LogP contribution in [0.4, 0.5) is 0 Å². The minimum absolute atomic E-state index is 0.0791. The molecule has 168 valence electrons. The van der Waals surface area contributed by atoms with Crippen LogP contribution in [-0.2, 0) is 4.79 Å². The quantitative estimate of drug-likeness (QED) is 0.400. The highest BCUT2D eigenvalue weighted by Gasteiger charge is 2.20. The van der Waals surface area contributed by atoms with Gasteiger partial charge >= 0.3 is 0 Å². The Morgan fingerprint density at radius 2 is 1.97 bits per heavy atom. The standard InChI is InChI=1S/C27H28N4O2/c1-2-33-25-15-9-10-20(17-25)26-22(19-31(30-26)24-13-7-4-8-14-24)16-21(18-28)27(32)29-23-11-5-3-6-12-23/h4,7-10,13-17,19,23H,2-3,5-6,11-12H2,1H3,(H,29,32)/b21-16-. The Morgan fingerprint density at radius 3 is 2.70 bits per heavy atom. The van der Waals surface area contributed by atoms with Crippen molar-refractivity contribution >= 4 is 12.0 Å². The summed E-state index contributed by atoms with van der Waals surface area (Å²) < 4.78 is 7.42. The van der Waals surface area contributed by atoms with Gasteiger partial charge in [0.25, 0.3) is 5.91 Å². The Bertz CT molecular complexity index is 1170. The molecule has 0 aliphatic heterocycles. The second-order valence-electron chi connectivity index (χ2n) is 8.15. The topological polar surface area (TPSA) is 79.9 Å². The van der Waals surface area contributed by atoms with Crippen LogP contribution in [0.2, 0.25) is 0 Å². The van der Waals surface area contributed by atoms with Crippen molar-refractivity contribution in [3.8, 4) is 28.8 Å². The average molecular weight is 441 g/mol. The molecule has 0 unspecified atom stereocenters. The molecular weight excluding hydrogens is 412 g/mol. The van der Waals surface area contributed by atoms with E-state index in [-0.39, 0.29) is 17.5 Å². The van der Waals surface area contributed by atoms with Gasteiger partial charge in [0.2, 0.25) is 0 Å². The van der Waals surface area contributed by atoms with Gasteiger partial charge in [-0.3, -0.25) is 4.79 Å². The van der Waals surface area contributed by atoms with Crippen molar-refractivity contribution in [3.63, 3.8) is 0 Å². The Morgan fingerprint density at radius 1 is 1.18 bits per heavy atom. The fourth-order valence-electron chi connectivity index (χ4n) is 4.14. The molecule has 4 rings (SSSR count). The summed E-state index contributed by atoms with van der Waals surface area (Å²) in [5.41, 5.74) is 3.20. The monoisotopic (exact) mass is 440 g/mol. The largest absolute Gasteiger partial charge is 0.494 e. The summed E-state index contributed by atoms with van der Waals surface area (Å²) in [6.07, 6.45) is 8.84. The Balaban J connectivity index is 1.72. The third-order valence-corrected chi connectivity index (χ3v) is 5.79. The number of benzene rings is 2. The van der Waals surface area contributed by atoms with Gasteiger partial charge in [-0.1, -0.05) is 49.6 Å². The maximum atomic E-state index is 12.9. The lowest BCUT2D eigenvalue weighted by Crippen LogP contribution is -2.36. The van der Waals surface area contributed by atoms with Gasteiger partial charge in [-0.15, -0.1) is 0 Å². The van der Waals surface area contributed by atoms with Gasteiger partial charge in [-0.2, -0.15) is 10.4 Å². The number of aromatic nitrogens is 2. The molecule has 6 heteroatoms. The van der Waals surface area contributed by atoms with E-state index in [4.69, 9.17) is 9.84 Å². The van der Waals surface area contributed by atoms with Crippen LogP contribution in [0.1, 0.15) is 44.6 Å². The maximum absolute atomic E-state index is 12.9. The average Bonchev–Trinajstić information content (AvgIpc) is 3.28. The SMILES string of the molecule is CCOc1cccc(-c2nn(-c3ccccc3)cc2/C=C(/C#N)C(=O)NC2CCCCC2)c1. The van der Waals surface area contributed by atoms with Crippen molar-refractivity contribution in [3.05, 3.63) is 71.9 Å². The molecule has 1 amide bonds. The van der Waals surface area contributed by atoms with Crippen molar-refractivity contribution in [2.45, 2.75) is 45.1 Å². The summed E-state index contributed by atoms with van der Waals surface area (Å²) >= 11 is 0. The van der Waals surface area contributed by atoms with Crippen LogP contribution in [0.15, 0.2) is 66.4 Å². The number of nitrogens with one attached hydrogen (secondary N) is 1. The predicted octanol–water partition coefficient (Wildman–Crippen LogP) is 5.29. The molecule has 1 aliphatic carbocycles. The van der Waals surface area contributed by atoms with E-state index < -0.39 is 0 Å². The number of carbonyl (C=O) groups excluding carboxylic acids is 1. The first-order valence-corrected chi connectivity index (χ1v) is 11.5. The molecule has 1 fully saturated rings. The number of nitriles is 1. The summed E-state index contributed by atoms with van der Waals surface area (Å²) in [5, 5.41) is 17.6. The zero-order chi connectivity index (χ0) is 23.0. The van der Waals surface area contributed by atoms with E-state index >= 15 is 0 Å². The molecule has 0 atom stereocenters. The molecule has 0 radical (unpaired) electrons. The second-order valence-corrected chi connectivity index (χ2v) is 8.15.